The molecule has 0 fully saturated rings. The number of para-hydroxylation sites is 1. The number of nitrogens with zero attached hydrogens (tertiary/aromatic N) is 4. The second-order valence-corrected chi connectivity index (χ2v) is 11.8. The monoisotopic (exact) mass is 600 g/mol. The highest BCUT2D eigenvalue weighted by Gasteiger charge is 2.29. The summed E-state index contributed by atoms with van der Waals surface area (Å²) in [6, 6.07) is 45.2. The number of fused-ring (bicyclic) bond motifs is 4. The maximum atomic E-state index is 6.16. The minimum atomic E-state index is 0.568. The van der Waals surface area contributed by atoms with E-state index in [1.54, 1.807) is 18.7 Å². The molecule has 47 heavy (non-hydrogen) atoms. The molecule has 0 spiro atoms. The smallest absolute Gasteiger partial charge is 0.181 e. The van der Waals surface area contributed by atoms with Gasteiger partial charge in [0.2, 0.25) is 0 Å². The second-order valence-electron chi connectivity index (χ2n) is 11.8. The third-order valence-electron chi connectivity index (χ3n) is 9.28. The molecule has 0 N–H and O–H groups in total. The number of furan rings is 1. The van der Waals surface area contributed by atoms with E-state index in [-0.39, 0.29) is 0 Å². The Labute approximate surface area is 269 Å². The van der Waals surface area contributed by atoms with Gasteiger partial charge in [-0.2, -0.15) is 0 Å². The molecule has 10 rings (SSSR count). The molecule has 0 unspecified atom stereocenters. The van der Waals surface area contributed by atoms with Crippen molar-refractivity contribution in [2.45, 2.75) is 0 Å². The van der Waals surface area contributed by atoms with Crippen molar-refractivity contribution in [3.8, 4) is 22.4 Å². The molecule has 5 nitrogen and oxygen atoms in total. The average Bonchev–Trinajstić information content (AvgIpc) is 3.68. The van der Waals surface area contributed by atoms with E-state index in [2.05, 4.69) is 125 Å². The summed E-state index contributed by atoms with van der Waals surface area (Å²) in [7, 11) is 0. The average molecular weight is 601 g/mol. The normalized spacial score (nSPS) is 12.6. The Kier molecular flexibility index (Phi) is 5.51. The summed E-state index contributed by atoms with van der Waals surface area (Å²) in [6.45, 7) is 0. The Morgan fingerprint density at radius 2 is 1.19 bits per heavy atom. The van der Waals surface area contributed by atoms with Crippen molar-refractivity contribution in [2.24, 2.45) is 0 Å². The molecule has 218 valence electrons. The molecule has 0 saturated carbocycles. The van der Waals surface area contributed by atoms with Crippen molar-refractivity contribution >= 4 is 55.0 Å². The van der Waals surface area contributed by atoms with Crippen molar-refractivity contribution in [1.82, 2.24) is 19.9 Å². The van der Waals surface area contributed by atoms with Gasteiger partial charge in [-0.15, -0.1) is 0 Å². The number of aromatic nitrogens is 4. The fourth-order valence-corrected chi connectivity index (χ4v) is 7.25. The molecular weight excluding hydrogens is 576 g/mol. The molecule has 3 aromatic heterocycles. The Morgan fingerprint density at radius 3 is 2.09 bits per heavy atom. The van der Waals surface area contributed by atoms with Crippen LogP contribution < -0.4 is 0 Å². The topological polar surface area (TPSA) is 64.7 Å². The SMILES string of the molecule is c1ccc(C2=C(c3cc(-c4ccc5oc6ccccc6c5c4)ccc3-c3ncnc4nccnc34)c3cccc4cccc2c34)cc1. The van der Waals surface area contributed by atoms with Crippen LogP contribution in [0.15, 0.2) is 151 Å². The number of rotatable bonds is 4. The van der Waals surface area contributed by atoms with Gasteiger partial charge in [0, 0.05) is 28.7 Å². The van der Waals surface area contributed by atoms with Crippen LogP contribution in [-0.4, -0.2) is 19.9 Å². The van der Waals surface area contributed by atoms with E-state index in [1.165, 1.54) is 38.6 Å². The van der Waals surface area contributed by atoms with Crippen molar-refractivity contribution < 1.29 is 4.42 Å². The van der Waals surface area contributed by atoms with Crippen LogP contribution in [0.25, 0.3) is 77.4 Å². The van der Waals surface area contributed by atoms with Crippen molar-refractivity contribution in [1.29, 1.82) is 0 Å². The predicted octanol–water partition coefficient (Wildman–Crippen LogP) is 10.1. The minimum Gasteiger partial charge on any atom is -0.456 e. The van der Waals surface area contributed by atoms with Gasteiger partial charge in [-0.25, -0.2) is 19.9 Å². The van der Waals surface area contributed by atoms with Gasteiger partial charge in [-0.3, -0.25) is 0 Å². The third-order valence-corrected chi connectivity index (χ3v) is 9.28. The number of benzene rings is 6. The van der Waals surface area contributed by atoms with E-state index in [0.29, 0.717) is 11.2 Å². The number of hydrogen-bond acceptors (Lipinski definition) is 5. The van der Waals surface area contributed by atoms with Gasteiger partial charge >= 0.3 is 0 Å². The largest absolute Gasteiger partial charge is 0.456 e. The first-order valence-electron chi connectivity index (χ1n) is 15.6. The van der Waals surface area contributed by atoms with Gasteiger partial charge in [0.05, 0.1) is 0 Å². The van der Waals surface area contributed by atoms with Crippen LogP contribution in [0.2, 0.25) is 0 Å². The van der Waals surface area contributed by atoms with E-state index in [9.17, 15) is 0 Å². The first-order valence-corrected chi connectivity index (χ1v) is 15.6. The van der Waals surface area contributed by atoms with Crippen LogP contribution in [0.5, 0.6) is 0 Å². The molecule has 1 aliphatic carbocycles. The lowest BCUT2D eigenvalue weighted by molar-refractivity contribution is 0.669. The van der Waals surface area contributed by atoms with Crippen LogP contribution in [0.4, 0.5) is 0 Å². The summed E-state index contributed by atoms with van der Waals surface area (Å²) in [5.41, 5.74) is 14.0. The van der Waals surface area contributed by atoms with Crippen molar-refractivity contribution in [3.63, 3.8) is 0 Å². The highest BCUT2D eigenvalue weighted by atomic mass is 16.3. The quantitative estimate of drug-likeness (QED) is 0.201. The third kappa shape index (κ3) is 3.90. The van der Waals surface area contributed by atoms with Crippen molar-refractivity contribution in [3.05, 3.63) is 168 Å². The maximum absolute atomic E-state index is 6.16. The molecule has 9 aromatic rings. The summed E-state index contributed by atoms with van der Waals surface area (Å²) in [4.78, 5) is 18.5. The first kappa shape index (κ1) is 25.8. The van der Waals surface area contributed by atoms with Gasteiger partial charge in [0.15, 0.2) is 5.65 Å². The van der Waals surface area contributed by atoms with E-state index in [4.69, 9.17) is 14.4 Å². The zero-order valence-corrected chi connectivity index (χ0v) is 25.1. The summed E-state index contributed by atoms with van der Waals surface area (Å²) < 4.78 is 6.16. The molecule has 0 atom stereocenters. The molecule has 6 aromatic carbocycles. The minimum absolute atomic E-state index is 0.568. The molecule has 3 heterocycles. The lowest BCUT2D eigenvalue weighted by Gasteiger charge is -2.17. The Bertz CT molecular complexity index is 2730. The molecule has 5 heteroatoms. The summed E-state index contributed by atoms with van der Waals surface area (Å²) in [6.07, 6.45) is 4.95. The van der Waals surface area contributed by atoms with E-state index >= 15 is 0 Å². The lowest BCUT2D eigenvalue weighted by Crippen LogP contribution is -1.99. The molecule has 0 amide bonds. The number of hydrogen-bond donors (Lipinski definition) is 0. The van der Waals surface area contributed by atoms with Gasteiger partial charge in [0.25, 0.3) is 0 Å². The Balaban J connectivity index is 1.31. The van der Waals surface area contributed by atoms with E-state index in [0.717, 1.165) is 49.9 Å². The molecule has 0 bridgehead atoms. The molecule has 0 aliphatic heterocycles. The van der Waals surface area contributed by atoms with Gasteiger partial charge in [0.1, 0.15) is 28.7 Å². The summed E-state index contributed by atoms with van der Waals surface area (Å²) in [5, 5.41) is 4.69. The van der Waals surface area contributed by atoms with Gasteiger partial charge < -0.3 is 4.42 Å². The fourth-order valence-electron chi connectivity index (χ4n) is 7.25. The highest BCUT2D eigenvalue weighted by Crippen LogP contribution is 2.50. The van der Waals surface area contributed by atoms with Gasteiger partial charge in [-0.1, -0.05) is 103 Å². The first-order chi connectivity index (χ1) is 23.3. The lowest BCUT2D eigenvalue weighted by atomic mass is 9.86. The van der Waals surface area contributed by atoms with Crippen LogP contribution >= 0.6 is 0 Å². The van der Waals surface area contributed by atoms with Gasteiger partial charge in [-0.05, 0) is 79.6 Å². The van der Waals surface area contributed by atoms with E-state index in [1.807, 2.05) is 12.1 Å². The summed E-state index contributed by atoms with van der Waals surface area (Å²) in [5.74, 6) is 0. The Morgan fingerprint density at radius 1 is 0.447 bits per heavy atom. The van der Waals surface area contributed by atoms with E-state index < -0.39 is 0 Å². The molecule has 1 aliphatic rings. The summed E-state index contributed by atoms with van der Waals surface area (Å²) >= 11 is 0. The zero-order chi connectivity index (χ0) is 30.9. The van der Waals surface area contributed by atoms with Crippen molar-refractivity contribution in [2.75, 3.05) is 0 Å². The van der Waals surface area contributed by atoms with Crippen LogP contribution in [-0.2, 0) is 0 Å². The highest BCUT2D eigenvalue weighted by molar-refractivity contribution is 6.22. The van der Waals surface area contributed by atoms with Crippen LogP contribution in [0.1, 0.15) is 22.3 Å². The fraction of sp³-hybridized carbons (Fsp3) is 0. The molecule has 0 saturated heterocycles. The van der Waals surface area contributed by atoms with Crippen LogP contribution in [0.3, 0.4) is 0 Å². The molecule has 0 radical (unpaired) electrons. The Hall–Kier alpha value is -6.46. The maximum Gasteiger partial charge on any atom is 0.181 e. The molecular formula is C42H24N4O. The predicted molar refractivity (Wildman–Crippen MR) is 189 cm³/mol. The van der Waals surface area contributed by atoms with Crippen LogP contribution in [0, 0.1) is 0 Å². The zero-order valence-electron chi connectivity index (χ0n) is 25.1. The standard InChI is InChI=1S/C42H24N4O/c1-2-8-26(9-3-1)38-31-13-6-10-25-11-7-14-32(37(25)31)39(38)34-23-27(16-18-30(34)40-41-42(46-24-45-40)44-21-20-43-41)28-17-19-36-33(22-28)29-12-4-5-15-35(29)47-36/h1-24H. The second kappa shape index (κ2) is 10.0.